The largest absolute Gasteiger partial charge is 0.346 e. The van der Waals surface area contributed by atoms with E-state index < -0.39 is 0 Å². The summed E-state index contributed by atoms with van der Waals surface area (Å²) in [6.07, 6.45) is 2.37. The van der Waals surface area contributed by atoms with Gasteiger partial charge < -0.3 is 14.8 Å². The number of hydrogen-bond acceptors (Lipinski definition) is 2. The van der Waals surface area contributed by atoms with Crippen LogP contribution < -0.4 is 5.32 Å². The normalized spacial score (nSPS) is 25.2. The van der Waals surface area contributed by atoms with E-state index in [2.05, 4.69) is 10.2 Å². The molecule has 1 aromatic heterocycles. The minimum atomic E-state index is -0.0133. The van der Waals surface area contributed by atoms with Gasteiger partial charge in [-0.25, -0.2) is 0 Å². The third-order valence-corrected chi connectivity index (χ3v) is 5.92. The molecule has 3 fully saturated rings. The van der Waals surface area contributed by atoms with Crippen molar-refractivity contribution in [1.82, 2.24) is 14.8 Å². The minimum absolute atomic E-state index is 0.0133. The van der Waals surface area contributed by atoms with Gasteiger partial charge in [-0.3, -0.25) is 4.79 Å². The molecule has 6 heteroatoms. The van der Waals surface area contributed by atoms with Crippen molar-refractivity contribution >= 4 is 29.1 Å². The fraction of sp³-hybridized carbons (Fsp3) is 0.421. The van der Waals surface area contributed by atoms with Crippen molar-refractivity contribution in [1.29, 1.82) is 0 Å². The molecule has 1 aromatic carbocycles. The molecule has 1 atom stereocenters. The standard InChI is InChI=1S/C19H21Cl2N3O/c1-23-17(13-8-14(20)10-15(21)9-13)2-3-18(23)19(25)22-16-11-24-6-4-12(16)5-7-24/h2-3,8-10,12,16H,4-7,11H2,1H3,(H,22,25)/t16-/m0/s1. The van der Waals surface area contributed by atoms with Crippen LogP contribution in [0.5, 0.6) is 0 Å². The number of piperidine rings is 3. The lowest BCUT2D eigenvalue weighted by Crippen LogP contribution is -2.57. The van der Waals surface area contributed by atoms with Gasteiger partial charge in [-0.05, 0) is 62.2 Å². The van der Waals surface area contributed by atoms with E-state index in [0.29, 0.717) is 21.7 Å². The second-order valence-corrected chi connectivity index (χ2v) is 7.91. The van der Waals surface area contributed by atoms with E-state index in [0.717, 1.165) is 17.8 Å². The zero-order valence-electron chi connectivity index (χ0n) is 14.1. The first-order valence-electron chi connectivity index (χ1n) is 8.66. The zero-order chi connectivity index (χ0) is 17.6. The number of halogens is 2. The highest BCUT2D eigenvalue weighted by molar-refractivity contribution is 6.35. The first-order chi connectivity index (χ1) is 12.0. The molecule has 2 aromatic rings. The van der Waals surface area contributed by atoms with Gasteiger partial charge in [0.25, 0.3) is 5.91 Å². The Morgan fingerprint density at radius 1 is 1.12 bits per heavy atom. The quantitative estimate of drug-likeness (QED) is 0.882. The number of nitrogens with one attached hydrogen (secondary N) is 1. The van der Waals surface area contributed by atoms with Crippen LogP contribution in [0.25, 0.3) is 11.3 Å². The van der Waals surface area contributed by atoms with Gasteiger partial charge in [0.1, 0.15) is 5.69 Å². The van der Waals surface area contributed by atoms with Crippen LogP contribution in [0.2, 0.25) is 10.0 Å². The zero-order valence-corrected chi connectivity index (χ0v) is 15.6. The maximum absolute atomic E-state index is 12.8. The van der Waals surface area contributed by atoms with Crippen molar-refractivity contribution in [2.75, 3.05) is 19.6 Å². The molecule has 0 spiro atoms. The van der Waals surface area contributed by atoms with Gasteiger partial charge in [-0.1, -0.05) is 23.2 Å². The number of nitrogens with zero attached hydrogens (tertiary/aromatic N) is 2. The molecular weight excluding hydrogens is 357 g/mol. The highest BCUT2D eigenvalue weighted by Crippen LogP contribution is 2.30. The van der Waals surface area contributed by atoms with Gasteiger partial charge in [-0.15, -0.1) is 0 Å². The van der Waals surface area contributed by atoms with Gasteiger partial charge >= 0.3 is 0 Å². The van der Waals surface area contributed by atoms with Crippen LogP contribution in [-0.4, -0.2) is 41.1 Å². The summed E-state index contributed by atoms with van der Waals surface area (Å²) in [5, 5.41) is 4.41. The van der Waals surface area contributed by atoms with E-state index in [1.807, 2.05) is 35.9 Å². The summed E-state index contributed by atoms with van der Waals surface area (Å²) in [5.41, 5.74) is 2.48. The maximum atomic E-state index is 12.8. The van der Waals surface area contributed by atoms with E-state index in [4.69, 9.17) is 23.2 Å². The number of rotatable bonds is 3. The molecule has 0 unspecified atom stereocenters. The molecule has 3 saturated heterocycles. The Morgan fingerprint density at radius 3 is 2.40 bits per heavy atom. The summed E-state index contributed by atoms with van der Waals surface area (Å²) >= 11 is 12.2. The van der Waals surface area contributed by atoms with Crippen LogP contribution in [0.3, 0.4) is 0 Å². The number of amides is 1. The van der Waals surface area contributed by atoms with Crippen molar-refractivity contribution in [3.63, 3.8) is 0 Å². The Kier molecular flexibility index (Phi) is 4.52. The third-order valence-electron chi connectivity index (χ3n) is 5.49. The summed E-state index contributed by atoms with van der Waals surface area (Å²) in [4.78, 5) is 15.2. The summed E-state index contributed by atoms with van der Waals surface area (Å²) in [7, 11) is 1.90. The van der Waals surface area contributed by atoms with E-state index in [-0.39, 0.29) is 11.9 Å². The monoisotopic (exact) mass is 377 g/mol. The number of fused-ring (bicyclic) bond motifs is 3. The van der Waals surface area contributed by atoms with E-state index in [1.165, 1.54) is 25.9 Å². The number of benzene rings is 1. The SMILES string of the molecule is Cn1c(C(=O)N[C@H]2CN3CCC2CC3)ccc1-c1cc(Cl)cc(Cl)c1. The van der Waals surface area contributed by atoms with Gasteiger partial charge in [-0.2, -0.15) is 0 Å². The number of hydrogen-bond donors (Lipinski definition) is 1. The van der Waals surface area contributed by atoms with Crippen LogP contribution in [0.15, 0.2) is 30.3 Å². The number of carbonyl (C=O) groups excluding carboxylic acids is 1. The molecule has 0 saturated carbocycles. The molecule has 0 radical (unpaired) electrons. The lowest BCUT2D eigenvalue weighted by molar-refractivity contribution is 0.0616. The molecule has 132 valence electrons. The van der Waals surface area contributed by atoms with Crippen LogP contribution in [-0.2, 0) is 7.05 Å². The van der Waals surface area contributed by atoms with Gasteiger partial charge in [0, 0.05) is 40.9 Å². The Bertz CT molecular complexity index is 789. The summed E-state index contributed by atoms with van der Waals surface area (Å²) in [6, 6.07) is 9.48. The molecule has 4 nitrogen and oxygen atoms in total. The molecule has 4 heterocycles. The average Bonchev–Trinajstić information content (AvgIpc) is 2.97. The van der Waals surface area contributed by atoms with Crippen molar-refractivity contribution < 1.29 is 4.79 Å². The minimum Gasteiger partial charge on any atom is -0.346 e. The molecule has 5 rings (SSSR count). The van der Waals surface area contributed by atoms with E-state index in [1.54, 1.807) is 6.07 Å². The molecule has 3 aliphatic rings. The van der Waals surface area contributed by atoms with Crippen molar-refractivity contribution in [2.45, 2.75) is 18.9 Å². The van der Waals surface area contributed by atoms with Crippen molar-refractivity contribution in [2.24, 2.45) is 13.0 Å². The second kappa shape index (κ2) is 6.67. The molecule has 0 aliphatic carbocycles. The molecule has 2 bridgehead atoms. The topological polar surface area (TPSA) is 37.3 Å². The van der Waals surface area contributed by atoms with Crippen LogP contribution >= 0.6 is 23.2 Å². The van der Waals surface area contributed by atoms with E-state index >= 15 is 0 Å². The summed E-state index contributed by atoms with van der Waals surface area (Å²) in [6.45, 7) is 3.30. The van der Waals surface area contributed by atoms with Crippen molar-refractivity contribution in [3.05, 3.63) is 46.1 Å². The van der Waals surface area contributed by atoms with Crippen LogP contribution in [0, 0.1) is 5.92 Å². The van der Waals surface area contributed by atoms with E-state index in [9.17, 15) is 4.79 Å². The predicted molar refractivity (Wildman–Crippen MR) is 101 cm³/mol. The number of carbonyl (C=O) groups is 1. The van der Waals surface area contributed by atoms with Crippen LogP contribution in [0.4, 0.5) is 0 Å². The third kappa shape index (κ3) is 3.31. The fourth-order valence-electron chi connectivity index (χ4n) is 4.10. The van der Waals surface area contributed by atoms with Crippen LogP contribution in [0.1, 0.15) is 23.3 Å². The lowest BCUT2D eigenvalue weighted by Gasteiger charge is -2.44. The second-order valence-electron chi connectivity index (χ2n) is 7.04. The first-order valence-corrected chi connectivity index (χ1v) is 9.42. The van der Waals surface area contributed by atoms with Crippen molar-refractivity contribution in [3.8, 4) is 11.3 Å². The lowest BCUT2D eigenvalue weighted by atomic mass is 9.84. The Morgan fingerprint density at radius 2 is 1.80 bits per heavy atom. The fourth-order valence-corrected chi connectivity index (χ4v) is 4.63. The Hall–Kier alpha value is -1.49. The predicted octanol–water partition coefficient (Wildman–Crippen LogP) is 3.82. The molecule has 25 heavy (non-hydrogen) atoms. The summed E-state index contributed by atoms with van der Waals surface area (Å²) < 4.78 is 1.90. The average molecular weight is 378 g/mol. The Labute approximate surface area is 157 Å². The molecular formula is C19H21Cl2N3O. The number of aromatic nitrogens is 1. The van der Waals surface area contributed by atoms with Gasteiger partial charge in [0.2, 0.25) is 0 Å². The van der Waals surface area contributed by atoms with Gasteiger partial charge in [0.15, 0.2) is 0 Å². The highest BCUT2D eigenvalue weighted by atomic mass is 35.5. The smallest absolute Gasteiger partial charge is 0.268 e. The molecule has 1 N–H and O–H groups in total. The maximum Gasteiger partial charge on any atom is 0.268 e. The Balaban J connectivity index is 1.55. The molecule has 1 amide bonds. The summed E-state index contributed by atoms with van der Waals surface area (Å²) in [5.74, 6) is 0.598. The van der Waals surface area contributed by atoms with Gasteiger partial charge in [0.05, 0.1) is 0 Å². The first kappa shape index (κ1) is 17.0. The highest BCUT2D eigenvalue weighted by Gasteiger charge is 2.35. The molecule has 3 aliphatic heterocycles.